The third-order valence-corrected chi connectivity index (χ3v) is 3.34. The molecule has 0 aromatic heterocycles. The largest absolute Gasteiger partial charge is 0.486 e. The van der Waals surface area contributed by atoms with Crippen molar-refractivity contribution in [3.05, 3.63) is 23.8 Å². The topological polar surface area (TPSA) is 32.7 Å². The van der Waals surface area contributed by atoms with E-state index in [1.54, 1.807) is 0 Å². The Bertz CT molecular complexity index is 378. The van der Waals surface area contributed by atoms with E-state index in [1.807, 2.05) is 0 Å². The minimum atomic E-state index is 0.0734. The fourth-order valence-electron chi connectivity index (χ4n) is 2.16. The smallest absolute Gasteiger partial charge is 0.143 e. The second kappa shape index (κ2) is 4.34. The van der Waals surface area contributed by atoms with E-state index < -0.39 is 0 Å². The minimum absolute atomic E-state index is 0.0734. The van der Waals surface area contributed by atoms with Gasteiger partial charge in [-0.2, -0.15) is 0 Å². The number of aliphatic hydroxyl groups excluding tert-OH is 1. The average Bonchev–Trinajstić information content (AvgIpc) is 2.25. The van der Waals surface area contributed by atoms with Crippen LogP contribution in [0, 0.1) is 6.92 Å². The summed E-state index contributed by atoms with van der Waals surface area (Å²) < 4.78 is 5.93. The number of rotatable bonds is 2. The Morgan fingerprint density at radius 1 is 1.44 bits per heavy atom. The Kier molecular flexibility index (Phi) is 3.06. The van der Waals surface area contributed by atoms with E-state index in [4.69, 9.17) is 9.84 Å². The van der Waals surface area contributed by atoms with E-state index in [1.165, 1.54) is 5.56 Å². The van der Waals surface area contributed by atoms with Crippen molar-refractivity contribution < 1.29 is 9.84 Å². The van der Waals surface area contributed by atoms with Crippen LogP contribution in [0.2, 0.25) is 0 Å². The first-order chi connectivity index (χ1) is 7.63. The van der Waals surface area contributed by atoms with Crippen LogP contribution in [0.1, 0.15) is 18.9 Å². The van der Waals surface area contributed by atoms with Crippen LogP contribution in [0.15, 0.2) is 18.2 Å². The van der Waals surface area contributed by atoms with Gasteiger partial charge in [0.1, 0.15) is 11.9 Å². The van der Waals surface area contributed by atoms with Crippen molar-refractivity contribution in [3.8, 4) is 5.75 Å². The van der Waals surface area contributed by atoms with Crippen LogP contribution >= 0.6 is 0 Å². The summed E-state index contributed by atoms with van der Waals surface area (Å²) in [7, 11) is 2.08. The molecule has 1 N–H and O–H groups in total. The molecule has 0 fully saturated rings. The minimum Gasteiger partial charge on any atom is -0.486 e. The summed E-state index contributed by atoms with van der Waals surface area (Å²) in [5, 5.41) is 9.03. The van der Waals surface area contributed by atoms with Gasteiger partial charge < -0.3 is 14.7 Å². The van der Waals surface area contributed by atoms with Crippen LogP contribution < -0.4 is 9.64 Å². The first-order valence-corrected chi connectivity index (χ1v) is 5.74. The molecular formula is C13H19NO2. The number of aliphatic hydroxyl groups is 1. The lowest BCUT2D eigenvalue weighted by molar-refractivity contribution is 0.124. The highest BCUT2D eigenvalue weighted by atomic mass is 16.5. The van der Waals surface area contributed by atoms with Gasteiger partial charge in [-0.05, 0) is 31.5 Å². The monoisotopic (exact) mass is 221 g/mol. The number of anilines is 1. The van der Waals surface area contributed by atoms with E-state index in [-0.39, 0.29) is 12.7 Å². The van der Waals surface area contributed by atoms with Crippen LogP contribution in [-0.2, 0) is 0 Å². The maximum absolute atomic E-state index is 9.03. The first-order valence-electron chi connectivity index (χ1n) is 5.74. The molecule has 0 spiro atoms. The summed E-state index contributed by atoms with van der Waals surface area (Å²) in [6.07, 6.45) is 0.753. The van der Waals surface area contributed by atoms with Gasteiger partial charge in [0.15, 0.2) is 0 Å². The van der Waals surface area contributed by atoms with Crippen molar-refractivity contribution in [1.29, 1.82) is 0 Å². The van der Waals surface area contributed by atoms with Gasteiger partial charge in [0.05, 0.1) is 11.7 Å². The first kappa shape index (κ1) is 11.3. The molecule has 3 nitrogen and oxygen atoms in total. The predicted octanol–water partition coefficient (Wildman–Crippen LogP) is 1.96. The zero-order valence-corrected chi connectivity index (χ0v) is 10.1. The molecule has 2 unspecified atom stereocenters. The van der Waals surface area contributed by atoms with Crippen molar-refractivity contribution in [1.82, 2.24) is 0 Å². The van der Waals surface area contributed by atoms with Crippen molar-refractivity contribution >= 4 is 5.69 Å². The maximum Gasteiger partial charge on any atom is 0.143 e. The molecule has 1 aliphatic heterocycles. The predicted molar refractivity (Wildman–Crippen MR) is 65.2 cm³/mol. The molecule has 88 valence electrons. The number of ether oxygens (including phenoxy) is 1. The number of nitrogens with zero attached hydrogens (tertiary/aromatic N) is 1. The standard InChI is InChI=1S/C13H19NO2/c1-9-4-5-11-13(8-9)16-12(6-7-15)10(2)14(11)3/h4-5,8,10,12,15H,6-7H2,1-3H3. The fourth-order valence-corrected chi connectivity index (χ4v) is 2.16. The molecule has 0 bridgehead atoms. The van der Waals surface area contributed by atoms with Gasteiger partial charge in [-0.3, -0.25) is 0 Å². The normalized spacial score (nSPS) is 23.9. The maximum atomic E-state index is 9.03. The zero-order chi connectivity index (χ0) is 11.7. The van der Waals surface area contributed by atoms with Crippen LogP contribution in [-0.4, -0.2) is 30.9 Å². The molecule has 2 atom stereocenters. The Labute approximate surface area is 96.6 Å². The van der Waals surface area contributed by atoms with E-state index in [9.17, 15) is 0 Å². The highest BCUT2D eigenvalue weighted by Crippen LogP contribution is 2.36. The Balaban J connectivity index is 2.32. The Morgan fingerprint density at radius 2 is 2.19 bits per heavy atom. The van der Waals surface area contributed by atoms with Gasteiger partial charge in [0, 0.05) is 20.1 Å². The van der Waals surface area contributed by atoms with Gasteiger partial charge >= 0.3 is 0 Å². The fraction of sp³-hybridized carbons (Fsp3) is 0.538. The molecular weight excluding hydrogens is 202 g/mol. The third-order valence-electron chi connectivity index (χ3n) is 3.34. The summed E-state index contributed by atoms with van der Waals surface area (Å²) in [5.74, 6) is 0.930. The van der Waals surface area contributed by atoms with E-state index in [0.29, 0.717) is 12.5 Å². The number of aryl methyl sites for hydroxylation is 1. The summed E-state index contributed by atoms with van der Waals surface area (Å²) in [4.78, 5) is 2.22. The van der Waals surface area contributed by atoms with Gasteiger partial charge in [0.25, 0.3) is 0 Å². The molecule has 16 heavy (non-hydrogen) atoms. The average molecular weight is 221 g/mol. The third kappa shape index (κ3) is 1.87. The van der Waals surface area contributed by atoms with E-state index in [2.05, 4.69) is 44.0 Å². The number of fused-ring (bicyclic) bond motifs is 1. The Hall–Kier alpha value is -1.22. The molecule has 0 amide bonds. The van der Waals surface area contributed by atoms with Gasteiger partial charge in [0.2, 0.25) is 0 Å². The SMILES string of the molecule is Cc1ccc2c(c1)OC(CCO)C(C)N2C. The van der Waals surface area contributed by atoms with Crippen LogP contribution in [0.4, 0.5) is 5.69 Å². The highest BCUT2D eigenvalue weighted by Gasteiger charge is 2.29. The molecule has 2 rings (SSSR count). The second-order valence-corrected chi connectivity index (χ2v) is 4.49. The molecule has 0 saturated carbocycles. The van der Waals surface area contributed by atoms with Crippen LogP contribution in [0.25, 0.3) is 0 Å². The molecule has 0 saturated heterocycles. The van der Waals surface area contributed by atoms with E-state index in [0.717, 1.165) is 11.4 Å². The molecule has 1 aromatic rings. The summed E-state index contributed by atoms with van der Waals surface area (Å²) >= 11 is 0. The van der Waals surface area contributed by atoms with E-state index >= 15 is 0 Å². The lowest BCUT2D eigenvalue weighted by Crippen LogP contribution is -2.46. The molecule has 0 aliphatic carbocycles. The van der Waals surface area contributed by atoms with Crippen molar-refractivity contribution in [2.45, 2.75) is 32.4 Å². The van der Waals surface area contributed by atoms with Crippen LogP contribution in [0.3, 0.4) is 0 Å². The van der Waals surface area contributed by atoms with Gasteiger partial charge in [-0.1, -0.05) is 6.07 Å². The summed E-state index contributed by atoms with van der Waals surface area (Å²) in [6, 6.07) is 6.54. The zero-order valence-electron chi connectivity index (χ0n) is 10.1. The van der Waals surface area contributed by atoms with Crippen molar-refractivity contribution in [2.24, 2.45) is 0 Å². The molecule has 3 heteroatoms. The second-order valence-electron chi connectivity index (χ2n) is 4.49. The van der Waals surface area contributed by atoms with Gasteiger partial charge in [-0.25, -0.2) is 0 Å². The lowest BCUT2D eigenvalue weighted by atomic mass is 10.0. The van der Waals surface area contributed by atoms with Crippen molar-refractivity contribution in [2.75, 3.05) is 18.6 Å². The number of hydrogen-bond donors (Lipinski definition) is 1. The molecule has 0 radical (unpaired) electrons. The number of hydrogen-bond acceptors (Lipinski definition) is 3. The molecule has 1 aliphatic rings. The summed E-state index contributed by atoms with van der Waals surface area (Å²) in [6.45, 7) is 4.36. The number of benzene rings is 1. The molecule has 1 aromatic carbocycles. The van der Waals surface area contributed by atoms with Gasteiger partial charge in [-0.15, -0.1) is 0 Å². The highest BCUT2D eigenvalue weighted by molar-refractivity contribution is 5.61. The van der Waals surface area contributed by atoms with Crippen molar-refractivity contribution in [3.63, 3.8) is 0 Å². The summed E-state index contributed by atoms with van der Waals surface area (Å²) in [5.41, 5.74) is 2.33. The molecule has 1 heterocycles. The number of likely N-dealkylation sites (N-methyl/N-ethyl adjacent to an activating group) is 1. The lowest BCUT2D eigenvalue weighted by Gasteiger charge is -2.39. The Morgan fingerprint density at radius 3 is 2.88 bits per heavy atom. The quantitative estimate of drug-likeness (QED) is 0.828. The van der Waals surface area contributed by atoms with Crippen LogP contribution in [0.5, 0.6) is 5.75 Å².